The maximum Gasteiger partial charge on any atom is 0.345 e. The first-order valence-corrected chi connectivity index (χ1v) is 8.03. The molecule has 1 fully saturated rings. The average molecular weight is 305 g/mol. The quantitative estimate of drug-likeness (QED) is 0.906. The molecule has 1 aromatic heterocycles. The van der Waals surface area contributed by atoms with Gasteiger partial charge in [-0.2, -0.15) is 4.31 Å². The number of carboxylic acids is 1. The highest BCUT2D eigenvalue weighted by molar-refractivity contribution is 7.89. The molecular formula is C11H15NO5S2. The zero-order valence-corrected chi connectivity index (χ0v) is 12.3. The summed E-state index contributed by atoms with van der Waals surface area (Å²) >= 11 is 0.978. The summed E-state index contributed by atoms with van der Waals surface area (Å²) < 4.78 is 31.6. The minimum Gasteiger partial charge on any atom is -0.477 e. The lowest BCUT2D eigenvalue weighted by Crippen LogP contribution is -2.44. The predicted octanol–water partition coefficient (Wildman–Crippen LogP) is 1.16. The zero-order valence-electron chi connectivity index (χ0n) is 10.6. The molecule has 0 bridgehead atoms. The Morgan fingerprint density at radius 3 is 2.79 bits per heavy atom. The normalized spacial score (nSPS) is 21.5. The standard InChI is InChI=1S/C11H15NO5S2/c1-7-6-12(3-4-17-7)19(15,16)10-5-9(11(13)14)18-8(10)2/h5,7H,3-4,6H2,1-2H3,(H,13,14). The summed E-state index contributed by atoms with van der Waals surface area (Å²) in [5, 5.41) is 8.92. The van der Waals surface area contributed by atoms with Crippen molar-refractivity contribution in [1.82, 2.24) is 4.31 Å². The number of hydrogen-bond donors (Lipinski definition) is 1. The van der Waals surface area contributed by atoms with Gasteiger partial charge in [0, 0.05) is 18.0 Å². The first kappa shape index (κ1) is 14.4. The van der Waals surface area contributed by atoms with Gasteiger partial charge in [0.05, 0.1) is 17.6 Å². The number of carbonyl (C=O) groups is 1. The number of carboxylic acid groups (broad SMARTS) is 1. The summed E-state index contributed by atoms with van der Waals surface area (Å²) in [6.07, 6.45) is -0.151. The molecule has 6 nitrogen and oxygen atoms in total. The third-order valence-electron chi connectivity index (χ3n) is 2.90. The fourth-order valence-corrected chi connectivity index (χ4v) is 4.87. The van der Waals surface area contributed by atoms with Crippen LogP contribution in [0.5, 0.6) is 0 Å². The van der Waals surface area contributed by atoms with Gasteiger partial charge < -0.3 is 9.84 Å². The van der Waals surface area contributed by atoms with Crippen molar-refractivity contribution in [3.8, 4) is 0 Å². The summed E-state index contributed by atoms with van der Waals surface area (Å²) in [6.45, 7) is 4.37. The van der Waals surface area contributed by atoms with Crippen molar-refractivity contribution in [1.29, 1.82) is 0 Å². The van der Waals surface area contributed by atoms with Crippen LogP contribution in [0.2, 0.25) is 0 Å². The molecule has 1 aromatic rings. The maximum absolute atomic E-state index is 12.5. The van der Waals surface area contributed by atoms with E-state index in [1.807, 2.05) is 6.92 Å². The Morgan fingerprint density at radius 2 is 2.26 bits per heavy atom. The lowest BCUT2D eigenvalue weighted by Gasteiger charge is -2.30. The van der Waals surface area contributed by atoms with E-state index in [4.69, 9.17) is 9.84 Å². The molecule has 1 aliphatic heterocycles. The molecule has 1 atom stereocenters. The molecule has 1 unspecified atom stereocenters. The predicted molar refractivity (Wildman–Crippen MR) is 70.2 cm³/mol. The van der Waals surface area contributed by atoms with Gasteiger partial charge >= 0.3 is 5.97 Å². The zero-order chi connectivity index (χ0) is 14.2. The number of hydrogen-bond acceptors (Lipinski definition) is 5. The molecule has 106 valence electrons. The second-order valence-corrected chi connectivity index (χ2v) is 7.54. The SMILES string of the molecule is Cc1sc(C(=O)O)cc1S(=O)(=O)N1CCOC(C)C1. The van der Waals surface area contributed by atoms with Gasteiger partial charge in [0.2, 0.25) is 10.0 Å². The topological polar surface area (TPSA) is 83.9 Å². The molecule has 1 aliphatic rings. The lowest BCUT2D eigenvalue weighted by molar-refractivity contribution is 0.0102. The van der Waals surface area contributed by atoms with Crippen LogP contribution >= 0.6 is 11.3 Å². The molecule has 0 aliphatic carbocycles. The van der Waals surface area contributed by atoms with Gasteiger partial charge in [-0.25, -0.2) is 13.2 Å². The number of aryl methyl sites for hydroxylation is 1. The minimum absolute atomic E-state index is 0.0392. The van der Waals surface area contributed by atoms with E-state index in [0.29, 0.717) is 24.6 Å². The number of aromatic carboxylic acids is 1. The van der Waals surface area contributed by atoms with E-state index in [2.05, 4.69) is 0 Å². The number of thiophene rings is 1. The lowest BCUT2D eigenvalue weighted by atomic mass is 10.3. The molecular weight excluding hydrogens is 290 g/mol. The molecule has 0 saturated carbocycles. The van der Waals surface area contributed by atoms with E-state index >= 15 is 0 Å². The summed E-state index contributed by atoms with van der Waals surface area (Å²) in [7, 11) is -3.64. The smallest absolute Gasteiger partial charge is 0.345 e. The van der Waals surface area contributed by atoms with E-state index in [9.17, 15) is 13.2 Å². The molecule has 0 spiro atoms. The number of rotatable bonds is 3. The number of nitrogens with zero attached hydrogens (tertiary/aromatic N) is 1. The van der Waals surface area contributed by atoms with E-state index in [-0.39, 0.29) is 15.9 Å². The average Bonchev–Trinajstić information content (AvgIpc) is 2.72. The van der Waals surface area contributed by atoms with E-state index in [1.165, 1.54) is 10.4 Å². The number of morpholine rings is 1. The van der Waals surface area contributed by atoms with Crippen LogP contribution in [0, 0.1) is 6.92 Å². The van der Waals surface area contributed by atoms with Gasteiger partial charge in [-0.1, -0.05) is 0 Å². The molecule has 0 aromatic carbocycles. The van der Waals surface area contributed by atoms with Crippen molar-refractivity contribution in [2.75, 3.05) is 19.7 Å². The van der Waals surface area contributed by atoms with Gasteiger partial charge in [0.25, 0.3) is 0 Å². The summed E-state index contributed by atoms with van der Waals surface area (Å²) in [6, 6.07) is 1.23. The van der Waals surface area contributed by atoms with Crippen LogP contribution in [0.25, 0.3) is 0 Å². The van der Waals surface area contributed by atoms with Gasteiger partial charge in [-0.15, -0.1) is 11.3 Å². The molecule has 0 amide bonds. The second kappa shape index (κ2) is 5.20. The highest BCUT2D eigenvalue weighted by Gasteiger charge is 2.31. The molecule has 2 heterocycles. The third kappa shape index (κ3) is 2.81. The number of ether oxygens (including phenoxy) is 1. The van der Waals surface area contributed by atoms with Crippen molar-refractivity contribution in [2.24, 2.45) is 0 Å². The fraction of sp³-hybridized carbons (Fsp3) is 0.545. The van der Waals surface area contributed by atoms with Crippen LogP contribution in [-0.4, -0.2) is 49.6 Å². The van der Waals surface area contributed by atoms with Crippen LogP contribution in [0.3, 0.4) is 0 Å². The maximum atomic E-state index is 12.5. The van der Waals surface area contributed by atoms with Gasteiger partial charge in [-0.05, 0) is 19.9 Å². The Labute approximate surface area is 115 Å². The minimum atomic E-state index is -3.64. The highest BCUT2D eigenvalue weighted by atomic mass is 32.2. The first-order chi connectivity index (χ1) is 8.82. The second-order valence-electron chi connectivity index (χ2n) is 4.38. The Kier molecular flexibility index (Phi) is 3.95. The first-order valence-electron chi connectivity index (χ1n) is 5.78. The van der Waals surface area contributed by atoms with Crippen molar-refractivity contribution >= 4 is 27.3 Å². The highest BCUT2D eigenvalue weighted by Crippen LogP contribution is 2.29. The van der Waals surface area contributed by atoms with E-state index in [1.54, 1.807) is 6.92 Å². The van der Waals surface area contributed by atoms with Crippen molar-refractivity contribution in [3.05, 3.63) is 15.8 Å². The number of sulfonamides is 1. The van der Waals surface area contributed by atoms with Gasteiger partial charge in [0.15, 0.2) is 0 Å². The molecule has 2 rings (SSSR count). The molecule has 0 radical (unpaired) electrons. The summed E-state index contributed by atoms with van der Waals surface area (Å²) in [4.78, 5) is 11.5. The van der Waals surface area contributed by atoms with Crippen molar-refractivity contribution in [3.63, 3.8) is 0 Å². The molecule has 8 heteroatoms. The Balaban J connectivity index is 2.36. The van der Waals surface area contributed by atoms with Crippen LogP contribution in [0.4, 0.5) is 0 Å². The van der Waals surface area contributed by atoms with Gasteiger partial charge in [0.1, 0.15) is 4.88 Å². The largest absolute Gasteiger partial charge is 0.477 e. The fourth-order valence-electron chi connectivity index (χ4n) is 1.97. The summed E-state index contributed by atoms with van der Waals surface area (Å²) in [5.41, 5.74) is 0. The molecule has 1 N–H and O–H groups in total. The van der Waals surface area contributed by atoms with Crippen molar-refractivity contribution < 1.29 is 23.1 Å². The van der Waals surface area contributed by atoms with Crippen LogP contribution in [0.15, 0.2) is 11.0 Å². The summed E-state index contributed by atoms with van der Waals surface area (Å²) in [5.74, 6) is -1.11. The Bertz CT molecular complexity index is 592. The monoisotopic (exact) mass is 305 g/mol. The molecule has 19 heavy (non-hydrogen) atoms. The Morgan fingerprint density at radius 1 is 1.58 bits per heavy atom. The van der Waals surface area contributed by atoms with Crippen molar-refractivity contribution in [2.45, 2.75) is 24.8 Å². The van der Waals surface area contributed by atoms with E-state index < -0.39 is 16.0 Å². The van der Waals surface area contributed by atoms with Crippen LogP contribution in [-0.2, 0) is 14.8 Å². The Hall–Kier alpha value is -0.960. The van der Waals surface area contributed by atoms with Crippen LogP contribution < -0.4 is 0 Å². The molecule has 1 saturated heterocycles. The van der Waals surface area contributed by atoms with Crippen LogP contribution in [0.1, 0.15) is 21.5 Å². The van der Waals surface area contributed by atoms with E-state index in [0.717, 1.165) is 11.3 Å². The van der Waals surface area contributed by atoms with Gasteiger partial charge in [-0.3, -0.25) is 0 Å². The third-order valence-corrected chi connectivity index (χ3v) is 6.06.